The summed E-state index contributed by atoms with van der Waals surface area (Å²) >= 11 is 6.06. The van der Waals surface area contributed by atoms with E-state index in [9.17, 15) is 4.79 Å². The number of hydrogen-bond donors (Lipinski definition) is 1. The molecule has 0 radical (unpaired) electrons. The Morgan fingerprint density at radius 3 is 2.52 bits per heavy atom. The number of amides is 1. The second-order valence-electron chi connectivity index (χ2n) is 6.36. The van der Waals surface area contributed by atoms with E-state index in [1.807, 2.05) is 24.3 Å². The number of para-hydroxylation sites is 1. The van der Waals surface area contributed by atoms with Crippen LogP contribution in [0.5, 0.6) is 5.75 Å². The molecule has 1 heterocycles. The van der Waals surface area contributed by atoms with Gasteiger partial charge >= 0.3 is 0 Å². The molecule has 1 saturated heterocycles. The van der Waals surface area contributed by atoms with Gasteiger partial charge in [-0.25, -0.2) is 0 Å². The Bertz CT molecular complexity index is 712. The summed E-state index contributed by atoms with van der Waals surface area (Å²) in [5.74, 6) is 0.306. The molecule has 0 bridgehead atoms. The molecule has 4 nitrogen and oxygen atoms in total. The second-order valence-corrected chi connectivity index (χ2v) is 6.77. The summed E-state index contributed by atoms with van der Waals surface area (Å²) in [5, 5.41) is 3.38. The van der Waals surface area contributed by atoms with Crippen LogP contribution in [0, 0.1) is 0 Å². The van der Waals surface area contributed by atoms with Gasteiger partial charge in [-0.3, -0.25) is 9.69 Å². The number of anilines is 1. The molecule has 1 amide bonds. The normalized spacial score (nSPS) is 15.8. The van der Waals surface area contributed by atoms with Gasteiger partial charge in [-0.05, 0) is 62.7 Å². The maximum atomic E-state index is 12.3. The fraction of sp³-hybridized carbons (Fsp3) is 0.350. The van der Waals surface area contributed by atoms with Crippen LogP contribution in [-0.4, -0.2) is 30.0 Å². The maximum absolute atomic E-state index is 12.3. The van der Waals surface area contributed by atoms with Crippen LogP contribution in [0.4, 0.5) is 5.69 Å². The molecule has 5 heteroatoms. The lowest BCUT2D eigenvalue weighted by molar-refractivity contribution is -0.122. The highest BCUT2D eigenvalue weighted by atomic mass is 35.5. The van der Waals surface area contributed by atoms with Crippen LogP contribution in [0.3, 0.4) is 0 Å². The predicted molar refractivity (Wildman–Crippen MR) is 101 cm³/mol. The Kier molecular flexibility index (Phi) is 5.95. The minimum Gasteiger partial charge on any atom is -0.479 e. The van der Waals surface area contributed by atoms with E-state index in [1.54, 1.807) is 19.1 Å². The lowest BCUT2D eigenvalue weighted by Gasteiger charge is -2.16. The Labute approximate surface area is 153 Å². The molecule has 1 fully saturated rings. The van der Waals surface area contributed by atoms with Gasteiger partial charge in [0.2, 0.25) is 0 Å². The van der Waals surface area contributed by atoms with E-state index in [4.69, 9.17) is 16.3 Å². The van der Waals surface area contributed by atoms with Crippen LogP contribution in [0.25, 0.3) is 0 Å². The van der Waals surface area contributed by atoms with E-state index >= 15 is 0 Å². The number of carbonyl (C=O) groups excluding carboxylic acids is 1. The number of nitrogens with one attached hydrogen (secondary N) is 1. The average molecular weight is 359 g/mol. The largest absolute Gasteiger partial charge is 0.479 e. The fourth-order valence-corrected chi connectivity index (χ4v) is 3.10. The lowest BCUT2D eigenvalue weighted by atomic mass is 10.2. The number of hydrogen-bond acceptors (Lipinski definition) is 3. The summed E-state index contributed by atoms with van der Waals surface area (Å²) in [4.78, 5) is 14.8. The van der Waals surface area contributed by atoms with Crippen LogP contribution < -0.4 is 10.1 Å². The smallest absolute Gasteiger partial charge is 0.265 e. The molecule has 25 heavy (non-hydrogen) atoms. The van der Waals surface area contributed by atoms with Gasteiger partial charge in [0.15, 0.2) is 6.10 Å². The Balaban J connectivity index is 1.54. The van der Waals surface area contributed by atoms with Gasteiger partial charge in [-0.2, -0.15) is 0 Å². The fourth-order valence-electron chi connectivity index (χ4n) is 2.92. The minimum absolute atomic E-state index is 0.202. The van der Waals surface area contributed by atoms with Gasteiger partial charge < -0.3 is 10.1 Å². The molecule has 2 aromatic rings. The van der Waals surface area contributed by atoms with Crippen molar-refractivity contribution in [1.29, 1.82) is 0 Å². The zero-order chi connectivity index (χ0) is 17.6. The van der Waals surface area contributed by atoms with Crippen LogP contribution in [0.2, 0.25) is 5.02 Å². The van der Waals surface area contributed by atoms with Crippen LogP contribution in [-0.2, 0) is 11.3 Å². The lowest BCUT2D eigenvalue weighted by Crippen LogP contribution is -2.30. The summed E-state index contributed by atoms with van der Waals surface area (Å²) in [5.41, 5.74) is 2.03. The third-order valence-electron chi connectivity index (χ3n) is 4.34. The molecule has 132 valence electrons. The Morgan fingerprint density at radius 1 is 1.16 bits per heavy atom. The van der Waals surface area contributed by atoms with Crippen molar-refractivity contribution in [1.82, 2.24) is 4.90 Å². The van der Waals surface area contributed by atoms with Crippen molar-refractivity contribution in [3.8, 4) is 5.75 Å². The molecular formula is C20H23ClN2O2. The third kappa shape index (κ3) is 4.97. The molecule has 1 unspecified atom stereocenters. The van der Waals surface area contributed by atoms with Crippen LogP contribution >= 0.6 is 11.6 Å². The molecule has 1 aliphatic heterocycles. The summed E-state index contributed by atoms with van der Waals surface area (Å²) < 4.78 is 5.64. The van der Waals surface area contributed by atoms with E-state index in [0.29, 0.717) is 10.8 Å². The molecule has 1 N–H and O–H groups in total. The first-order chi connectivity index (χ1) is 12.1. The van der Waals surface area contributed by atoms with Gasteiger partial charge in [-0.15, -0.1) is 0 Å². The Morgan fingerprint density at radius 2 is 1.84 bits per heavy atom. The number of halogens is 1. The van der Waals surface area contributed by atoms with Crippen molar-refractivity contribution >= 4 is 23.2 Å². The predicted octanol–water partition coefficient (Wildman–Crippen LogP) is 4.34. The SMILES string of the molecule is CC(Oc1ccccc1Cl)C(=O)Nc1ccc(CN2CCCC2)cc1. The van der Waals surface area contributed by atoms with Crippen LogP contribution in [0.15, 0.2) is 48.5 Å². The van der Waals surface area contributed by atoms with Crippen LogP contribution in [0.1, 0.15) is 25.3 Å². The number of benzene rings is 2. The zero-order valence-corrected chi connectivity index (χ0v) is 15.1. The molecule has 0 aromatic heterocycles. The molecular weight excluding hydrogens is 336 g/mol. The van der Waals surface area contributed by atoms with Gasteiger partial charge in [0.1, 0.15) is 5.75 Å². The standard InChI is InChI=1S/C20H23ClN2O2/c1-15(25-19-7-3-2-6-18(19)21)20(24)22-17-10-8-16(9-11-17)14-23-12-4-5-13-23/h2-3,6-11,15H,4-5,12-14H2,1H3,(H,22,24). The molecule has 0 saturated carbocycles. The van der Waals surface area contributed by atoms with E-state index in [2.05, 4.69) is 22.3 Å². The highest BCUT2D eigenvalue weighted by Gasteiger charge is 2.16. The van der Waals surface area contributed by atoms with E-state index in [0.717, 1.165) is 12.2 Å². The topological polar surface area (TPSA) is 41.6 Å². The molecule has 1 atom stereocenters. The van der Waals surface area contributed by atoms with Crippen molar-refractivity contribution in [2.24, 2.45) is 0 Å². The summed E-state index contributed by atoms with van der Waals surface area (Å²) in [7, 11) is 0. The monoisotopic (exact) mass is 358 g/mol. The molecule has 0 aliphatic carbocycles. The number of nitrogens with zero attached hydrogens (tertiary/aromatic N) is 1. The third-order valence-corrected chi connectivity index (χ3v) is 4.65. The molecule has 2 aromatic carbocycles. The number of ether oxygens (including phenoxy) is 1. The quantitative estimate of drug-likeness (QED) is 0.835. The van der Waals surface area contributed by atoms with Gasteiger partial charge in [0.05, 0.1) is 5.02 Å². The zero-order valence-electron chi connectivity index (χ0n) is 14.4. The molecule has 1 aliphatic rings. The van der Waals surface area contributed by atoms with Crippen molar-refractivity contribution < 1.29 is 9.53 Å². The first kappa shape index (κ1) is 17.8. The van der Waals surface area contributed by atoms with Crippen molar-refractivity contribution in [3.05, 3.63) is 59.1 Å². The van der Waals surface area contributed by atoms with Crippen molar-refractivity contribution in [3.63, 3.8) is 0 Å². The highest BCUT2D eigenvalue weighted by Crippen LogP contribution is 2.24. The maximum Gasteiger partial charge on any atom is 0.265 e. The van der Waals surface area contributed by atoms with Gasteiger partial charge in [0, 0.05) is 12.2 Å². The van der Waals surface area contributed by atoms with E-state index in [-0.39, 0.29) is 5.91 Å². The van der Waals surface area contributed by atoms with E-state index < -0.39 is 6.10 Å². The molecule has 0 spiro atoms. The highest BCUT2D eigenvalue weighted by molar-refractivity contribution is 6.32. The summed E-state index contributed by atoms with van der Waals surface area (Å²) in [6.07, 6.45) is 1.94. The average Bonchev–Trinajstić information content (AvgIpc) is 3.11. The van der Waals surface area contributed by atoms with E-state index in [1.165, 1.54) is 31.5 Å². The molecule has 3 rings (SSSR count). The minimum atomic E-state index is -0.635. The summed E-state index contributed by atoms with van der Waals surface area (Å²) in [6, 6.07) is 15.1. The second kappa shape index (κ2) is 8.37. The first-order valence-corrected chi connectivity index (χ1v) is 9.03. The van der Waals surface area contributed by atoms with Crippen molar-refractivity contribution in [2.75, 3.05) is 18.4 Å². The van der Waals surface area contributed by atoms with Gasteiger partial charge in [0.25, 0.3) is 5.91 Å². The first-order valence-electron chi connectivity index (χ1n) is 8.65. The number of rotatable bonds is 6. The Hall–Kier alpha value is -2.04. The number of carbonyl (C=O) groups is 1. The summed E-state index contributed by atoms with van der Waals surface area (Å²) in [6.45, 7) is 5.03. The van der Waals surface area contributed by atoms with Crippen molar-refractivity contribution in [2.45, 2.75) is 32.4 Å². The van der Waals surface area contributed by atoms with Gasteiger partial charge in [-0.1, -0.05) is 35.9 Å². The number of likely N-dealkylation sites (tertiary alicyclic amines) is 1.